The van der Waals surface area contributed by atoms with Crippen molar-refractivity contribution in [3.63, 3.8) is 0 Å². The van der Waals surface area contributed by atoms with E-state index in [1.165, 1.54) is 23.1 Å². The Labute approximate surface area is 318 Å². The Morgan fingerprint density at radius 3 is 2.13 bits per heavy atom. The molecule has 3 aromatic rings. The average molecular weight is 772 g/mol. The van der Waals surface area contributed by atoms with Gasteiger partial charge in [0.2, 0.25) is 11.9 Å². The van der Waals surface area contributed by atoms with Crippen LogP contribution in [0.2, 0.25) is 10.0 Å². The van der Waals surface area contributed by atoms with Gasteiger partial charge in [-0.3, -0.25) is 25.1 Å². The third kappa shape index (κ3) is 13.3. The number of aryl methyl sites for hydroxylation is 1. The molecule has 0 spiro atoms. The van der Waals surface area contributed by atoms with E-state index in [2.05, 4.69) is 39.3 Å². The molecule has 3 rings (SSSR count). The van der Waals surface area contributed by atoms with Gasteiger partial charge in [0.1, 0.15) is 47.1 Å². The van der Waals surface area contributed by atoms with Crippen molar-refractivity contribution in [2.45, 2.75) is 66.2 Å². The number of aliphatic imine (C=N–C) groups is 1. The smallest absolute Gasteiger partial charge is 0.414 e. The molecule has 3 N–H and O–H groups in total. The van der Waals surface area contributed by atoms with Crippen molar-refractivity contribution in [3.05, 3.63) is 88.6 Å². The summed E-state index contributed by atoms with van der Waals surface area (Å²) in [5, 5.41) is 11.9. The molecule has 2 aromatic carbocycles. The van der Waals surface area contributed by atoms with Gasteiger partial charge in [-0.05, 0) is 90.4 Å². The largest absolute Gasteiger partial charge is 0.490 e. The first-order chi connectivity index (χ1) is 24.8. The van der Waals surface area contributed by atoms with E-state index in [-0.39, 0.29) is 58.3 Å². The van der Waals surface area contributed by atoms with Gasteiger partial charge in [0, 0.05) is 12.1 Å². The molecule has 0 saturated carbocycles. The molecule has 16 heteroatoms. The number of nitrogens with one attached hydrogen (secondary N) is 3. The summed E-state index contributed by atoms with van der Waals surface area (Å²) in [6.07, 6.45) is 1.52. The fraction of sp³-hybridized carbons (Fsp3) is 0.351. The highest BCUT2D eigenvalue weighted by atomic mass is 35.5. The van der Waals surface area contributed by atoms with Gasteiger partial charge in [-0.1, -0.05) is 47.1 Å². The molecule has 53 heavy (non-hydrogen) atoms. The van der Waals surface area contributed by atoms with Crippen LogP contribution in [0.15, 0.2) is 71.2 Å². The molecule has 0 saturated heterocycles. The lowest BCUT2D eigenvalue weighted by atomic mass is 10.1. The van der Waals surface area contributed by atoms with Crippen molar-refractivity contribution in [1.29, 1.82) is 0 Å². The molecule has 0 bridgehead atoms. The molecule has 14 nitrogen and oxygen atoms in total. The summed E-state index contributed by atoms with van der Waals surface area (Å²) in [4.78, 5) is 57.5. The topological polar surface area (TPSA) is 174 Å². The van der Waals surface area contributed by atoms with E-state index >= 15 is 0 Å². The van der Waals surface area contributed by atoms with Gasteiger partial charge in [-0.25, -0.2) is 14.6 Å². The SMILES string of the molecule is C=CCOc1ccc(-c2noc(C)c2C(=O)NC(=NCc2cc(Cl)c(NC(=O)CN(CC=C)C(=O)OC(C)(C)C)c(Cl)c2)NC(=O)OC(C)(C)C)cc1. The Hall–Kier alpha value is -5.34. The van der Waals surface area contributed by atoms with Crippen LogP contribution in [-0.2, 0) is 20.8 Å². The normalized spacial score (nSPS) is 11.6. The third-order valence-corrected chi connectivity index (χ3v) is 7.15. The molecule has 0 unspecified atom stereocenters. The molecule has 4 amide bonds. The molecule has 0 aliphatic carbocycles. The van der Waals surface area contributed by atoms with Gasteiger partial charge in [-0.2, -0.15) is 0 Å². The van der Waals surface area contributed by atoms with Crippen LogP contribution in [0.1, 0.15) is 63.2 Å². The van der Waals surface area contributed by atoms with Crippen molar-refractivity contribution in [2.24, 2.45) is 4.99 Å². The second-order valence-corrected chi connectivity index (χ2v) is 14.3. The van der Waals surface area contributed by atoms with Crippen molar-refractivity contribution in [2.75, 3.05) is 25.0 Å². The lowest BCUT2D eigenvalue weighted by molar-refractivity contribution is -0.117. The van der Waals surface area contributed by atoms with E-state index < -0.39 is 35.2 Å². The Bertz CT molecular complexity index is 1840. The second-order valence-electron chi connectivity index (χ2n) is 13.5. The minimum atomic E-state index is -0.875. The fourth-order valence-electron chi connectivity index (χ4n) is 4.43. The van der Waals surface area contributed by atoms with Gasteiger partial charge >= 0.3 is 12.2 Å². The molecule has 0 radical (unpaired) electrons. The summed E-state index contributed by atoms with van der Waals surface area (Å²) in [7, 11) is 0. The minimum Gasteiger partial charge on any atom is -0.490 e. The number of carbonyl (C=O) groups excluding carboxylic acids is 4. The Balaban J connectivity index is 1.84. The highest BCUT2D eigenvalue weighted by molar-refractivity contribution is 6.40. The number of alkyl carbamates (subject to hydrolysis) is 1. The summed E-state index contributed by atoms with van der Waals surface area (Å²) in [6, 6.07) is 9.88. The summed E-state index contributed by atoms with van der Waals surface area (Å²) < 4.78 is 21.6. The van der Waals surface area contributed by atoms with E-state index in [1.54, 1.807) is 78.8 Å². The van der Waals surface area contributed by atoms with Crippen LogP contribution in [0.4, 0.5) is 15.3 Å². The first-order valence-corrected chi connectivity index (χ1v) is 17.1. The van der Waals surface area contributed by atoms with Crippen molar-refractivity contribution in [3.8, 4) is 17.0 Å². The molecule has 1 heterocycles. The van der Waals surface area contributed by atoms with Crippen molar-refractivity contribution in [1.82, 2.24) is 20.7 Å². The number of rotatable bonds is 12. The van der Waals surface area contributed by atoms with E-state index in [0.717, 1.165) is 0 Å². The third-order valence-electron chi connectivity index (χ3n) is 6.56. The number of hydrogen-bond acceptors (Lipinski definition) is 10. The summed E-state index contributed by atoms with van der Waals surface area (Å²) >= 11 is 13.0. The van der Waals surface area contributed by atoms with Crippen LogP contribution < -0.4 is 20.7 Å². The number of amides is 4. The van der Waals surface area contributed by atoms with Gasteiger partial charge in [-0.15, -0.1) is 6.58 Å². The zero-order valence-electron chi connectivity index (χ0n) is 30.7. The van der Waals surface area contributed by atoms with Gasteiger partial charge in [0.25, 0.3) is 5.91 Å². The lowest BCUT2D eigenvalue weighted by Gasteiger charge is -2.26. The molecule has 1 aromatic heterocycles. The van der Waals surface area contributed by atoms with Crippen LogP contribution in [0.3, 0.4) is 0 Å². The van der Waals surface area contributed by atoms with Crippen LogP contribution in [0, 0.1) is 6.92 Å². The molecule has 0 aliphatic rings. The lowest BCUT2D eigenvalue weighted by Crippen LogP contribution is -2.46. The number of hydrogen-bond donors (Lipinski definition) is 3. The van der Waals surface area contributed by atoms with Gasteiger partial charge in [0.15, 0.2) is 0 Å². The van der Waals surface area contributed by atoms with Crippen molar-refractivity contribution < 1.29 is 37.9 Å². The Morgan fingerprint density at radius 2 is 1.57 bits per heavy atom. The predicted molar refractivity (Wildman–Crippen MR) is 203 cm³/mol. The van der Waals surface area contributed by atoms with E-state index in [9.17, 15) is 19.2 Å². The maximum absolute atomic E-state index is 13.7. The van der Waals surface area contributed by atoms with Crippen LogP contribution in [0.25, 0.3) is 11.3 Å². The highest BCUT2D eigenvalue weighted by Crippen LogP contribution is 2.32. The number of benzene rings is 2. The molecular weight excluding hydrogens is 727 g/mol. The number of halogens is 2. The maximum atomic E-state index is 13.7. The first kappa shape index (κ1) is 42.1. The van der Waals surface area contributed by atoms with Gasteiger partial charge < -0.3 is 24.1 Å². The summed E-state index contributed by atoms with van der Waals surface area (Å²) in [6.45, 7) is 18.9. The van der Waals surface area contributed by atoms with Gasteiger partial charge in [0.05, 0.1) is 22.3 Å². The zero-order valence-corrected chi connectivity index (χ0v) is 32.2. The maximum Gasteiger partial charge on any atom is 0.414 e. The monoisotopic (exact) mass is 770 g/mol. The Morgan fingerprint density at radius 1 is 0.943 bits per heavy atom. The molecule has 0 fully saturated rings. The highest BCUT2D eigenvalue weighted by Gasteiger charge is 2.26. The second kappa shape index (κ2) is 18.4. The number of nitrogens with zero attached hydrogens (tertiary/aromatic N) is 3. The van der Waals surface area contributed by atoms with Crippen LogP contribution in [0.5, 0.6) is 5.75 Å². The van der Waals surface area contributed by atoms with E-state index in [4.69, 9.17) is 41.9 Å². The number of ether oxygens (including phenoxy) is 3. The number of aromatic nitrogens is 1. The van der Waals surface area contributed by atoms with Crippen LogP contribution in [-0.4, -0.2) is 70.9 Å². The predicted octanol–water partition coefficient (Wildman–Crippen LogP) is 7.69. The summed E-state index contributed by atoms with van der Waals surface area (Å²) in [5.74, 6) is -0.695. The number of carbonyl (C=O) groups is 4. The molecule has 284 valence electrons. The fourth-order valence-corrected chi connectivity index (χ4v) is 5.05. The molecular formula is C37H44Cl2N6O8. The van der Waals surface area contributed by atoms with E-state index in [0.29, 0.717) is 23.5 Å². The minimum absolute atomic E-state index is 0.0634. The Kier molecular flexibility index (Phi) is 14.6. The zero-order chi connectivity index (χ0) is 39.5. The van der Waals surface area contributed by atoms with E-state index in [1.807, 2.05) is 0 Å². The molecule has 0 aliphatic heterocycles. The number of guanidine groups is 1. The number of anilines is 1. The average Bonchev–Trinajstić information content (AvgIpc) is 3.44. The molecule has 0 atom stereocenters. The quantitative estimate of drug-likeness (QED) is 0.0948. The standard InChI is InChI=1S/C37H44Cl2N6O8/c1-10-16-45(35(49)52-37(7,8)9)21-28(46)41-31-26(38)18-23(19-27(31)39)20-40-33(43-34(48)51-36(4,5)6)42-32(47)29-22(3)53-44-30(29)24-12-14-25(15-13-24)50-17-11-2/h10-15,18-19H,1-2,16-17,20-21H2,3-9H3,(H,41,46)(H2,40,42,43,47,48). The van der Waals surface area contributed by atoms with Crippen molar-refractivity contribution >= 4 is 58.8 Å². The first-order valence-electron chi connectivity index (χ1n) is 16.3. The van der Waals surface area contributed by atoms with Crippen LogP contribution >= 0.6 is 23.2 Å². The summed E-state index contributed by atoms with van der Waals surface area (Å²) in [5.41, 5.74) is -0.129.